The lowest BCUT2D eigenvalue weighted by molar-refractivity contribution is 0.590. The summed E-state index contributed by atoms with van der Waals surface area (Å²) in [7, 11) is 0. The van der Waals surface area contributed by atoms with E-state index in [1.54, 1.807) is 10.7 Å². The van der Waals surface area contributed by atoms with Crippen molar-refractivity contribution < 1.29 is 4.39 Å². The van der Waals surface area contributed by atoms with Gasteiger partial charge in [0.25, 0.3) is 0 Å². The van der Waals surface area contributed by atoms with Crippen molar-refractivity contribution in [3.8, 4) is 0 Å². The molecule has 1 aromatic heterocycles. The molecule has 0 saturated carbocycles. The second-order valence-corrected chi connectivity index (χ2v) is 5.21. The molecule has 0 fully saturated rings. The Bertz CT molecular complexity index is 752. The molecule has 0 saturated heterocycles. The molecule has 0 unspecified atom stereocenters. The minimum Gasteiger partial charge on any atom is -0.382 e. The molecule has 0 radical (unpaired) electrons. The van der Waals surface area contributed by atoms with Gasteiger partial charge in [0.15, 0.2) is 5.82 Å². The van der Waals surface area contributed by atoms with E-state index in [0.717, 1.165) is 15.4 Å². The number of nitrogens with zero attached hydrogens (tertiary/aromatic N) is 2. The molecule has 5 heteroatoms. The van der Waals surface area contributed by atoms with Gasteiger partial charge in [-0.25, -0.2) is 4.39 Å². The Morgan fingerprint density at radius 3 is 2.79 bits per heavy atom. The van der Waals surface area contributed by atoms with Crippen molar-refractivity contribution in [1.82, 2.24) is 9.78 Å². The van der Waals surface area contributed by atoms with E-state index in [4.69, 9.17) is 5.73 Å². The summed E-state index contributed by atoms with van der Waals surface area (Å²) in [5.74, 6) is 0.209. The number of halogens is 2. The first-order valence-electron chi connectivity index (χ1n) is 5.80. The highest BCUT2D eigenvalue weighted by Crippen LogP contribution is 2.22. The predicted molar refractivity (Wildman–Crippen MR) is 77.3 cm³/mol. The molecule has 0 amide bonds. The van der Waals surface area contributed by atoms with E-state index in [1.807, 2.05) is 30.3 Å². The first-order chi connectivity index (χ1) is 9.15. The summed E-state index contributed by atoms with van der Waals surface area (Å²) in [6, 6.07) is 12.7. The van der Waals surface area contributed by atoms with E-state index in [-0.39, 0.29) is 5.82 Å². The molecule has 96 valence electrons. The van der Waals surface area contributed by atoms with Crippen LogP contribution in [-0.4, -0.2) is 9.78 Å². The van der Waals surface area contributed by atoms with Gasteiger partial charge in [-0.2, -0.15) is 5.10 Å². The van der Waals surface area contributed by atoms with Crippen LogP contribution in [0.4, 0.5) is 10.2 Å². The van der Waals surface area contributed by atoms with E-state index < -0.39 is 0 Å². The number of rotatable bonds is 2. The van der Waals surface area contributed by atoms with Crippen molar-refractivity contribution in [3.05, 3.63) is 58.3 Å². The molecule has 3 nitrogen and oxygen atoms in total. The summed E-state index contributed by atoms with van der Waals surface area (Å²) < 4.78 is 16.3. The van der Waals surface area contributed by atoms with Gasteiger partial charge in [0.2, 0.25) is 0 Å². The van der Waals surface area contributed by atoms with Gasteiger partial charge in [-0.05, 0) is 24.3 Å². The Morgan fingerprint density at radius 2 is 2.00 bits per heavy atom. The zero-order valence-electron chi connectivity index (χ0n) is 9.98. The van der Waals surface area contributed by atoms with Gasteiger partial charge < -0.3 is 5.73 Å². The van der Waals surface area contributed by atoms with Crippen molar-refractivity contribution >= 4 is 32.7 Å². The molecule has 19 heavy (non-hydrogen) atoms. The van der Waals surface area contributed by atoms with Gasteiger partial charge in [0.05, 0.1) is 12.1 Å². The van der Waals surface area contributed by atoms with Gasteiger partial charge in [-0.15, -0.1) is 0 Å². The predicted octanol–water partition coefficient (Wildman–Crippen LogP) is 3.57. The van der Waals surface area contributed by atoms with E-state index in [2.05, 4.69) is 21.0 Å². The van der Waals surface area contributed by atoms with E-state index in [1.165, 1.54) is 6.07 Å². The van der Waals surface area contributed by atoms with Crippen LogP contribution in [0.3, 0.4) is 0 Å². The summed E-state index contributed by atoms with van der Waals surface area (Å²) >= 11 is 3.24. The lowest BCUT2D eigenvalue weighted by Crippen LogP contribution is -2.04. The number of para-hydroxylation sites is 1. The topological polar surface area (TPSA) is 43.8 Å². The monoisotopic (exact) mass is 319 g/mol. The SMILES string of the molecule is Nc1nn(Cc2ccc(Br)cc2F)c2ccccc12. The molecule has 0 aliphatic rings. The second-order valence-electron chi connectivity index (χ2n) is 4.30. The van der Waals surface area contributed by atoms with E-state index in [9.17, 15) is 4.39 Å². The zero-order valence-corrected chi connectivity index (χ0v) is 11.6. The molecule has 0 spiro atoms. The standard InChI is InChI=1S/C14H11BrFN3/c15-10-6-5-9(12(16)7-10)8-19-13-4-2-1-3-11(13)14(17)18-19/h1-7H,8H2,(H2,17,18). The molecule has 3 rings (SSSR count). The molecule has 0 bridgehead atoms. The number of nitrogens with two attached hydrogens (primary N) is 1. The van der Waals surface area contributed by atoms with Crippen molar-refractivity contribution in [2.75, 3.05) is 5.73 Å². The number of hydrogen-bond donors (Lipinski definition) is 1. The minimum atomic E-state index is -0.257. The Labute approximate surface area is 118 Å². The van der Waals surface area contributed by atoms with Crippen molar-refractivity contribution in [1.29, 1.82) is 0 Å². The van der Waals surface area contributed by atoms with Gasteiger partial charge in [-0.3, -0.25) is 4.68 Å². The fourth-order valence-electron chi connectivity index (χ4n) is 2.08. The van der Waals surface area contributed by atoms with Gasteiger partial charge in [0, 0.05) is 15.4 Å². The molecule has 2 aromatic carbocycles. The smallest absolute Gasteiger partial charge is 0.153 e. The maximum atomic E-state index is 13.8. The number of hydrogen-bond acceptors (Lipinski definition) is 2. The highest BCUT2D eigenvalue weighted by molar-refractivity contribution is 9.10. The van der Waals surface area contributed by atoms with Crippen LogP contribution >= 0.6 is 15.9 Å². The van der Waals surface area contributed by atoms with Crippen LogP contribution in [0.25, 0.3) is 10.9 Å². The number of nitrogen functional groups attached to an aromatic ring is 1. The fourth-order valence-corrected chi connectivity index (χ4v) is 2.42. The lowest BCUT2D eigenvalue weighted by atomic mass is 10.2. The van der Waals surface area contributed by atoms with E-state index in [0.29, 0.717) is 17.9 Å². The Morgan fingerprint density at radius 1 is 1.21 bits per heavy atom. The Hall–Kier alpha value is -1.88. The molecule has 0 atom stereocenters. The summed E-state index contributed by atoms with van der Waals surface area (Å²) in [5.41, 5.74) is 7.34. The quantitative estimate of drug-likeness (QED) is 0.784. The van der Waals surface area contributed by atoms with Crippen LogP contribution in [0.15, 0.2) is 46.9 Å². The van der Waals surface area contributed by atoms with Crippen LogP contribution in [0.2, 0.25) is 0 Å². The summed E-state index contributed by atoms with van der Waals surface area (Å²) in [4.78, 5) is 0. The lowest BCUT2D eigenvalue weighted by Gasteiger charge is -2.05. The molecule has 2 N–H and O–H groups in total. The first-order valence-corrected chi connectivity index (χ1v) is 6.59. The third kappa shape index (κ3) is 2.21. The zero-order chi connectivity index (χ0) is 13.4. The molecule has 1 heterocycles. The Kier molecular flexibility index (Phi) is 2.98. The maximum Gasteiger partial charge on any atom is 0.153 e. The first kappa shape index (κ1) is 12.2. The van der Waals surface area contributed by atoms with E-state index >= 15 is 0 Å². The molecule has 0 aliphatic heterocycles. The maximum absolute atomic E-state index is 13.8. The summed E-state index contributed by atoms with van der Waals surface area (Å²) in [6.45, 7) is 0.358. The highest BCUT2D eigenvalue weighted by atomic mass is 79.9. The van der Waals surface area contributed by atoms with Crippen molar-refractivity contribution in [2.24, 2.45) is 0 Å². The Balaban J connectivity index is 2.06. The molecular formula is C14H11BrFN3. The summed E-state index contributed by atoms with van der Waals surface area (Å²) in [5, 5.41) is 5.15. The third-order valence-corrected chi connectivity index (χ3v) is 3.52. The van der Waals surface area contributed by atoms with Crippen LogP contribution in [-0.2, 0) is 6.54 Å². The largest absolute Gasteiger partial charge is 0.382 e. The van der Waals surface area contributed by atoms with Crippen LogP contribution in [0.1, 0.15) is 5.56 Å². The summed E-state index contributed by atoms with van der Waals surface area (Å²) in [6.07, 6.45) is 0. The fraction of sp³-hybridized carbons (Fsp3) is 0.0714. The average molecular weight is 320 g/mol. The van der Waals surface area contributed by atoms with Gasteiger partial charge in [-0.1, -0.05) is 34.1 Å². The molecule has 3 aromatic rings. The highest BCUT2D eigenvalue weighted by Gasteiger charge is 2.10. The van der Waals surface area contributed by atoms with Crippen LogP contribution in [0.5, 0.6) is 0 Å². The van der Waals surface area contributed by atoms with Crippen LogP contribution in [0, 0.1) is 5.82 Å². The molecule has 0 aliphatic carbocycles. The third-order valence-electron chi connectivity index (χ3n) is 3.02. The van der Waals surface area contributed by atoms with Gasteiger partial charge >= 0.3 is 0 Å². The number of benzene rings is 2. The van der Waals surface area contributed by atoms with Crippen molar-refractivity contribution in [2.45, 2.75) is 6.54 Å². The van der Waals surface area contributed by atoms with Crippen LogP contribution < -0.4 is 5.73 Å². The number of anilines is 1. The van der Waals surface area contributed by atoms with Crippen molar-refractivity contribution in [3.63, 3.8) is 0 Å². The molecular weight excluding hydrogens is 309 g/mol. The number of aromatic nitrogens is 2. The van der Waals surface area contributed by atoms with Gasteiger partial charge in [0.1, 0.15) is 5.82 Å². The number of fused-ring (bicyclic) bond motifs is 1. The normalized spacial score (nSPS) is 11.1. The average Bonchev–Trinajstić information content (AvgIpc) is 2.71. The second kappa shape index (κ2) is 4.66. The minimum absolute atomic E-state index is 0.257.